The SMILES string of the molecule is CNCC(C)C(=O)Nc1ccc(C)cc1Oc1ccnc(C(=O)NC)c1. The molecule has 7 nitrogen and oxygen atoms in total. The van der Waals surface area contributed by atoms with Crippen LogP contribution in [0.4, 0.5) is 5.69 Å². The molecule has 1 aromatic heterocycles. The van der Waals surface area contributed by atoms with E-state index in [1.165, 1.54) is 13.2 Å². The largest absolute Gasteiger partial charge is 0.455 e. The zero-order valence-corrected chi connectivity index (χ0v) is 15.4. The molecule has 0 saturated heterocycles. The minimum absolute atomic E-state index is 0.103. The first-order chi connectivity index (χ1) is 12.4. The van der Waals surface area contributed by atoms with Gasteiger partial charge in [0.25, 0.3) is 5.91 Å². The minimum atomic E-state index is -0.297. The lowest BCUT2D eigenvalue weighted by atomic mass is 10.1. The van der Waals surface area contributed by atoms with Crippen LogP contribution < -0.4 is 20.7 Å². The summed E-state index contributed by atoms with van der Waals surface area (Å²) in [7, 11) is 3.34. The monoisotopic (exact) mass is 356 g/mol. The number of benzene rings is 1. The van der Waals surface area contributed by atoms with Crippen LogP contribution in [0.25, 0.3) is 0 Å². The van der Waals surface area contributed by atoms with E-state index in [4.69, 9.17) is 4.74 Å². The number of nitrogens with zero attached hydrogens (tertiary/aromatic N) is 1. The summed E-state index contributed by atoms with van der Waals surface area (Å²) in [4.78, 5) is 28.0. The number of aryl methyl sites for hydroxylation is 1. The highest BCUT2D eigenvalue weighted by Crippen LogP contribution is 2.31. The number of ether oxygens (including phenoxy) is 1. The summed E-state index contributed by atoms with van der Waals surface area (Å²) in [5.41, 5.74) is 1.81. The fourth-order valence-electron chi connectivity index (χ4n) is 2.33. The standard InChI is InChI=1S/C19H24N4O3/c1-12-5-6-15(23-18(24)13(2)11-20-3)17(9-12)26-14-7-8-22-16(10-14)19(25)21-4/h5-10,13,20H,11H2,1-4H3,(H,21,25)(H,23,24). The molecule has 0 fully saturated rings. The molecule has 1 unspecified atom stereocenters. The molecular formula is C19H24N4O3. The van der Waals surface area contributed by atoms with Crippen LogP contribution in [0.15, 0.2) is 36.5 Å². The van der Waals surface area contributed by atoms with E-state index in [2.05, 4.69) is 20.9 Å². The molecule has 1 atom stereocenters. The predicted molar refractivity (Wildman–Crippen MR) is 101 cm³/mol. The lowest BCUT2D eigenvalue weighted by molar-refractivity contribution is -0.119. The van der Waals surface area contributed by atoms with Crippen LogP contribution in [0.5, 0.6) is 11.5 Å². The third-order valence-electron chi connectivity index (χ3n) is 3.77. The van der Waals surface area contributed by atoms with Crippen molar-refractivity contribution in [2.75, 3.05) is 26.0 Å². The van der Waals surface area contributed by atoms with E-state index >= 15 is 0 Å². The first-order valence-corrected chi connectivity index (χ1v) is 8.36. The number of anilines is 1. The van der Waals surface area contributed by atoms with Gasteiger partial charge in [-0.3, -0.25) is 14.6 Å². The fraction of sp³-hybridized carbons (Fsp3) is 0.316. The Labute approximate surface area is 153 Å². The van der Waals surface area contributed by atoms with Crippen molar-refractivity contribution in [2.45, 2.75) is 13.8 Å². The van der Waals surface area contributed by atoms with Gasteiger partial charge >= 0.3 is 0 Å². The van der Waals surface area contributed by atoms with Crippen molar-refractivity contribution in [1.29, 1.82) is 0 Å². The molecule has 2 amide bonds. The van der Waals surface area contributed by atoms with Crippen LogP contribution in [-0.2, 0) is 4.79 Å². The average Bonchev–Trinajstić information content (AvgIpc) is 2.63. The molecular weight excluding hydrogens is 332 g/mol. The number of nitrogens with one attached hydrogen (secondary N) is 3. The molecule has 0 radical (unpaired) electrons. The molecule has 0 aliphatic carbocycles. The number of hydrogen-bond acceptors (Lipinski definition) is 5. The van der Waals surface area contributed by atoms with Crippen molar-refractivity contribution in [3.8, 4) is 11.5 Å². The molecule has 7 heteroatoms. The van der Waals surface area contributed by atoms with Crippen LogP contribution in [0.2, 0.25) is 0 Å². The topological polar surface area (TPSA) is 92.3 Å². The second kappa shape index (κ2) is 8.96. The third-order valence-corrected chi connectivity index (χ3v) is 3.77. The van der Waals surface area contributed by atoms with E-state index in [-0.39, 0.29) is 23.4 Å². The lowest BCUT2D eigenvalue weighted by Gasteiger charge is -2.16. The number of hydrogen-bond donors (Lipinski definition) is 3. The van der Waals surface area contributed by atoms with Gasteiger partial charge in [0.05, 0.1) is 5.69 Å². The molecule has 0 saturated carbocycles. The fourth-order valence-corrected chi connectivity index (χ4v) is 2.33. The summed E-state index contributed by atoms with van der Waals surface area (Å²) in [6.45, 7) is 4.36. The van der Waals surface area contributed by atoms with Crippen molar-refractivity contribution < 1.29 is 14.3 Å². The third kappa shape index (κ3) is 5.03. The molecule has 3 N–H and O–H groups in total. The van der Waals surface area contributed by atoms with Gasteiger partial charge in [-0.25, -0.2) is 0 Å². The highest BCUT2D eigenvalue weighted by Gasteiger charge is 2.15. The van der Waals surface area contributed by atoms with Crippen LogP contribution in [-0.4, -0.2) is 37.4 Å². The van der Waals surface area contributed by atoms with Gasteiger partial charge in [0.1, 0.15) is 11.4 Å². The smallest absolute Gasteiger partial charge is 0.269 e. The van der Waals surface area contributed by atoms with Crippen molar-refractivity contribution in [3.05, 3.63) is 47.8 Å². The van der Waals surface area contributed by atoms with Gasteiger partial charge in [-0.2, -0.15) is 0 Å². The molecule has 0 spiro atoms. The van der Waals surface area contributed by atoms with Gasteiger partial charge in [0, 0.05) is 31.8 Å². The molecule has 0 aliphatic rings. The summed E-state index contributed by atoms with van der Waals surface area (Å²) in [5.74, 6) is 0.380. The number of carbonyl (C=O) groups excluding carboxylic acids is 2. The van der Waals surface area contributed by atoms with Crippen molar-refractivity contribution in [1.82, 2.24) is 15.6 Å². The maximum Gasteiger partial charge on any atom is 0.269 e. The lowest BCUT2D eigenvalue weighted by Crippen LogP contribution is -2.28. The Hall–Kier alpha value is -2.93. The maximum absolute atomic E-state index is 12.3. The van der Waals surface area contributed by atoms with E-state index in [0.717, 1.165) is 5.56 Å². The summed E-state index contributed by atoms with van der Waals surface area (Å²) in [5, 5.41) is 8.40. The first-order valence-electron chi connectivity index (χ1n) is 8.36. The number of aromatic nitrogens is 1. The Morgan fingerprint density at radius 2 is 1.96 bits per heavy atom. The highest BCUT2D eigenvalue weighted by molar-refractivity contribution is 5.94. The van der Waals surface area contributed by atoms with Crippen molar-refractivity contribution >= 4 is 17.5 Å². The predicted octanol–water partition coefficient (Wildman–Crippen LogP) is 2.34. The van der Waals surface area contributed by atoms with Gasteiger partial charge in [-0.15, -0.1) is 0 Å². The molecule has 2 aromatic rings. The number of rotatable bonds is 7. The number of carbonyl (C=O) groups is 2. The first kappa shape index (κ1) is 19.4. The Kier molecular flexibility index (Phi) is 6.68. The van der Waals surface area contributed by atoms with Gasteiger partial charge in [0.15, 0.2) is 5.75 Å². The van der Waals surface area contributed by atoms with Gasteiger partial charge in [-0.05, 0) is 37.7 Å². The van der Waals surface area contributed by atoms with Crippen LogP contribution in [0, 0.1) is 12.8 Å². The Balaban J connectivity index is 2.25. The van der Waals surface area contributed by atoms with E-state index in [0.29, 0.717) is 23.7 Å². The Bertz CT molecular complexity index is 792. The maximum atomic E-state index is 12.3. The van der Waals surface area contributed by atoms with Gasteiger partial charge in [-0.1, -0.05) is 13.0 Å². The molecule has 1 heterocycles. The number of amides is 2. The molecule has 138 valence electrons. The molecule has 1 aromatic carbocycles. The summed E-state index contributed by atoms with van der Waals surface area (Å²) in [6.07, 6.45) is 1.50. The summed E-state index contributed by atoms with van der Waals surface area (Å²) < 4.78 is 5.92. The van der Waals surface area contributed by atoms with Gasteiger partial charge in [0.2, 0.25) is 5.91 Å². The second-order valence-corrected chi connectivity index (χ2v) is 6.01. The van der Waals surface area contributed by atoms with Gasteiger partial charge < -0.3 is 20.7 Å². The molecule has 0 bridgehead atoms. The van der Waals surface area contributed by atoms with Crippen molar-refractivity contribution in [3.63, 3.8) is 0 Å². The van der Waals surface area contributed by atoms with E-state index in [1.54, 1.807) is 25.2 Å². The normalized spacial score (nSPS) is 11.5. The Morgan fingerprint density at radius 1 is 1.19 bits per heavy atom. The number of pyridine rings is 1. The minimum Gasteiger partial charge on any atom is -0.455 e. The summed E-state index contributed by atoms with van der Waals surface area (Å²) >= 11 is 0. The molecule has 0 aliphatic heterocycles. The van der Waals surface area contributed by atoms with Crippen LogP contribution in [0.1, 0.15) is 23.0 Å². The second-order valence-electron chi connectivity index (χ2n) is 6.01. The summed E-state index contributed by atoms with van der Waals surface area (Å²) in [6, 6.07) is 8.74. The van der Waals surface area contributed by atoms with Crippen LogP contribution in [0.3, 0.4) is 0 Å². The molecule has 2 rings (SSSR count). The molecule has 26 heavy (non-hydrogen) atoms. The van der Waals surface area contributed by atoms with Crippen molar-refractivity contribution in [2.24, 2.45) is 5.92 Å². The average molecular weight is 356 g/mol. The van der Waals surface area contributed by atoms with E-state index in [1.807, 2.05) is 26.0 Å². The quantitative estimate of drug-likeness (QED) is 0.708. The highest BCUT2D eigenvalue weighted by atomic mass is 16.5. The van der Waals surface area contributed by atoms with Crippen LogP contribution >= 0.6 is 0 Å². The zero-order chi connectivity index (χ0) is 19.1. The van der Waals surface area contributed by atoms with E-state index < -0.39 is 0 Å². The zero-order valence-electron chi connectivity index (χ0n) is 15.4. The van der Waals surface area contributed by atoms with E-state index in [9.17, 15) is 9.59 Å². The Morgan fingerprint density at radius 3 is 2.65 bits per heavy atom.